The number of nitrogens with zero attached hydrogens (tertiary/aromatic N) is 1. The average Bonchev–Trinajstić information content (AvgIpc) is 2.66. The van der Waals surface area contributed by atoms with E-state index in [2.05, 4.69) is 5.32 Å². The Balaban J connectivity index is 1.87. The Morgan fingerprint density at radius 1 is 1.04 bits per heavy atom. The van der Waals surface area contributed by atoms with Crippen molar-refractivity contribution in [1.82, 2.24) is 10.2 Å². The molecule has 2 aromatic rings. The van der Waals surface area contributed by atoms with Crippen LogP contribution in [0.25, 0.3) is 0 Å². The van der Waals surface area contributed by atoms with Crippen LogP contribution in [0, 0.1) is 0 Å². The predicted octanol–water partition coefficient (Wildman–Crippen LogP) is 2.40. The Morgan fingerprint density at radius 3 is 2.40 bits per heavy atom. The number of nitrogens with one attached hydrogen (secondary N) is 1. The lowest BCUT2D eigenvalue weighted by molar-refractivity contribution is -0.146. The summed E-state index contributed by atoms with van der Waals surface area (Å²) in [5.41, 5.74) is 1.99. The predicted molar refractivity (Wildman–Crippen MR) is 97.2 cm³/mol. The fraction of sp³-hybridized carbons (Fsp3) is 0.300. The number of likely N-dealkylation sites (N-methyl/N-ethyl adjacent to an activating group) is 1. The number of rotatable bonds is 7. The van der Waals surface area contributed by atoms with Crippen LogP contribution in [-0.2, 0) is 22.6 Å². The van der Waals surface area contributed by atoms with E-state index in [9.17, 15) is 9.59 Å². The number of carbonyl (C=O) groups excluding carboxylic acids is 2. The molecular formula is C20H24N2O3. The van der Waals surface area contributed by atoms with Gasteiger partial charge in [-0.3, -0.25) is 9.59 Å². The quantitative estimate of drug-likeness (QED) is 0.788. The van der Waals surface area contributed by atoms with Crippen LogP contribution in [0.1, 0.15) is 18.1 Å². The summed E-state index contributed by atoms with van der Waals surface area (Å²) < 4.78 is 5.28. The van der Waals surface area contributed by atoms with E-state index in [0.29, 0.717) is 26.1 Å². The third-order valence-electron chi connectivity index (χ3n) is 3.95. The van der Waals surface area contributed by atoms with E-state index in [0.717, 1.165) is 16.9 Å². The van der Waals surface area contributed by atoms with Crippen molar-refractivity contribution in [2.45, 2.75) is 19.9 Å². The molecule has 0 fully saturated rings. The molecule has 0 aliphatic carbocycles. The molecule has 0 unspecified atom stereocenters. The molecule has 0 radical (unpaired) electrons. The maximum atomic E-state index is 12.3. The normalized spacial score (nSPS) is 10.2. The first-order valence-electron chi connectivity index (χ1n) is 8.38. The number of hydrogen-bond donors (Lipinski definition) is 1. The zero-order valence-corrected chi connectivity index (χ0v) is 14.7. The second-order valence-electron chi connectivity index (χ2n) is 5.62. The van der Waals surface area contributed by atoms with Gasteiger partial charge in [-0.1, -0.05) is 48.5 Å². The topological polar surface area (TPSA) is 58.6 Å². The number of benzene rings is 2. The summed E-state index contributed by atoms with van der Waals surface area (Å²) in [5, 5.41) is 2.70. The standard InChI is InChI=1S/C20H24N2O3/c1-3-22(15-16-9-5-4-6-10-16)20(24)19(23)21-14-13-17-11-7-8-12-18(17)25-2/h4-12H,3,13-15H2,1-2H3,(H,21,23). The zero-order valence-electron chi connectivity index (χ0n) is 14.7. The van der Waals surface area contributed by atoms with E-state index in [1.807, 2.05) is 61.5 Å². The van der Waals surface area contributed by atoms with Gasteiger partial charge in [0.2, 0.25) is 0 Å². The molecule has 0 aliphatic heterocycles. The SMILES string of the molecule is CCN(Cc1ccccc1)C(=O)C(=O)NCCc1ccccc1OC. The van der Waals surface area contributed by atoms with Gasteiger partial charge in [0.05, 0.1) is 7.11 Å². The van der Waals surface area contributed by atoms with Crippen molar-refractivity contribution >= 4 is 11.8 Å². The third kappa shape index (κ3) is 5.35. The van der Waals surface area contributed by atoms with Gasteiger partial charge in [-0.15, -0.1) is 0 Å². The summed E-state index contributed by atoms with van der Waals surface area (Å²) in [6.45, 7) is 3.15. The van der Waals surface area contributed by atoms with Crippen molar-refractivity contribution < 1.29 is 14.3 Å². The summed E-state index contributed by atoms with van der Waals surface area (Å²) in [6.07, 6.45) is 0.605. The van der Waals surface area contributed by atoms with Gasteiger partial charge in [-0.05, 0) is 30.5 Å². The van der Waals surface area contributed by atoms with Crippen molar-refractivity contribution in [1.29, 1.82) is 0 Å². The molecule has 2 aromatic carbocycles. The molecular weight excluding hydrogens is 316 g/mol. The van der Waals surface area contributed by atoms with Crippen LogP contribution >= 0.6 is 0 Å². The van der Waals surface area contributed by atoms with E-state index < -0.39 is 11.8 Å². The van der Waals surface area contributed by atoms with Gasteiger partial charge in [0.25, 0.3) is 0 Å². The number of amides is 2. The Morgan fingerprint density at radius 2 is 1.72 bits per heavy atom. The maximum absolute atomic E-state index is 12.3. The molecule has 0 heterocycles. The van der Waals surface area contributed by atoms with Crippen LogP contribution in [0.5, 0.6) is 5.75 Å². The molecule has 25 heavy (non-hydrogen) atoms. The molecule has 0 saturated carbocycles. The van der Waals surface area contributed by atoms with Crippen molar-refractivity contribution in [2.24, 2.45) is 0 Å². The number of methoxy groups -OCH3 is 1. The first-order chi connectivity index (χ1) is 12.2. The van der Waals surface area contributed by atoms with Crippen molar-refractivity contribution in [2.75, 3.05) is 20.2 Å². The third-order valence-corrected chi connectivity index (χ3v) is 3.95. The minimum Gasteiger partial charge on any atom is -0.496 e. The monoisotopic (exact) mass is 340 g/mol. The molecule has 0 saturated heterocycles. The fourth-order valence-corrected chi connectivity index (χ4v) is 2.57. The summed E-state index contributed by atoms with van der Waals surface area (Å²) in [7, 11) is 1.61. The lowest BCUT2D eigenvalue weighted by Crippen LogP contribution is -2.43. The molecule has 2 rings (SSSR count). The summed E-state index contributed by atoms with van der Waals surface area (Å²) in [5.74, 6) is -0.304. The highest BCUT2D eigenvalue weighted by Gasteiger charge is 2.20. The molecule has 5 heteroatoms. The first kappa shape index (κ1) is 18.5. The zero-order chi connectivity index (χ0) is 18.1. The van der Waals surface area contributed by atoms with Gasteiger partial charge in [-0.25, -0.2) is 0 Å². The van der Waals surface area contributed by atoms with Crippen LogP contribution in [0.3, 0.4) is 0 Å². The molecule has 5 nitrogen and oxygen atoms in total. The Labute approximate surface area is 148 Å². The Bertz CT molecular complexity index is 701. The second kappa shape index (κ2) is 9.47. The largest absolute Gasteiger partial charge is 0.496 e. The smallest absolute Gasteiger partial charge is 0.312 e. The minimum atomic E-state index is -0.576. The fourth-order valence-electron chi connectivity index (χ4n) is 2.57. The van der Waals surface area contributed by atoms with E-state index in [-0.39, 0.29) is 0 Å². The molecule has 2 amide bonds. The van der Waals surface area contributed by atoms with E-state index >= 15 is 0 Å². The molecule has 0 aliphatic rings. The summed E-state index contributed by atoms with van der Waals surface area (Å²) in [6, 6.07) is 17.3. The molecule has 0 bridgehead atoms. The highest BCUT2D eigenvalue weighted by atomic mass is 16.5. The Hall–Kier alpha value is -2.82. The lowest BCUT2D eigenvalue weighted by atomic mass is 10.1. The van der Waals surface area contributed by atoms with Crippen LogP contribution in [-0.4, -0.2) is 36.9 Å². The molecule has 0 spiro atoms. The van der Waals surface area contributed by atoms with Crippen LogP contribution in [0.2, 0.25) is 0 Å². The Kier molecular flexibility index (Phi) is 7.01. The van der Waals surface area contributed by atoms with Gasteiger partial charge in [0.15, 0.2) is 0 Å². The number of ether oxygens (including phenoxy) is 1. The van der Waals surface area contributed by atoms with Gasteiger partial charge in [0.1, 0.15) is 5.75 Å². The maximum Gasteiger partial charge on any atom is 0.312 e. The van der Waals surface area contributed by atoms with Gasteiger partial charge in [0, 0.05) is 19.6 Å². The van der Waals surface area contributed by atoms with E-state index in [1.54, 1.807) is 7.11 Å². The average molecular weight is 340 g/mol. The molecule has 132 valence electrons. The van der Waals surface area contributed by atoms with Crippen molar-refractivity contribution in [3.05, 3.63) is 65.7 Å². The number of para-hydroxylation sites is 1. The lowest BCUT2D eigenvalue weighted by Gasteiger charge is -2.20. The highest BCUT2D eigenvalue weighted by Crippen LogP contribution is 2.17. The number of hydrogen-bond acceptors (Lipinski definition) is 3. The van der Waals surface area contributed by atoms with E-state index in [1.165, 1.54) is 4.90 Å². The van der Waals surface area contributed by atoms with Crippen LogP contribution in [0.4, 0.5) is 0 Å². The van der Waals surface area contributed by atoms with Crippen LogP contribution < -0.4 is 10.1 Å². The highest BCUT2D eigenvalue weighted by molar-refractivity contribution is 6.34. The molecule has 1 N–H and O–H groups in total. The summed E-state index contributed by atoms with van der Waals surface area (Å²) in [4.78, 5) is 26.0. The van der Waals surface area contributed by atoms with Crippen molar-refractivity contribution in [3.63, 3.8) is 0 Å². The van der Waals surface area contributed by atoms with E-state index in [4.69, 9.17) is 4.74 Å². The van der Waals surface area contributed by atoms with Crippen molar-refractivity contribution in [3.8, 4) is 5.75 Å². The van der Waals surface area contributed by atoms with Gasteiger partial charge < -0.3 is 15.0 Å². The minimum absolute atomic E-state index is 0.383. The summed E-state index contributed by atoms with van der Waals surface area (Å²) >= 11 is 0. The van der Waals surface area contributed by atoms with Gasteiger partial charge >= 0.3 is 11.8 Å². The first-order valence-corrected chi connectivity index (χ1v) is 8.38. The molecule has 0 atom stereocenters. The second-order valence-corrected chi connectivity index (χ2v) is 5.62. The van der Waals surface area contributed by atoms with Crippen LogP contribution in [0.15, 0.2) is 54.6 Å². The molecule has 0 aromatic heterocycles. The number of carbonyl (C=O) groups is 2. The van der Waals surface area contributed by atoms with Gasteiger partial charge in [-0.2, -0.15) is 0 Å².